The molecule has 0 saturated heterocycles. The van der Waals surface area contributed by atoms with Gasteiger partial charge in [0, 0.05) is 5.69 Å². The highest BCUT2D eigenvalue weighted by Gasteiger charge is 2.26. The fourth-order valence-corrected chi connectivity index (χ4v) is 2.61. The Kier molecular flexibility index (Phi) is 5.31. The minimum Gasteiger partial charge on any atom is -0.325 e. The van der Waals surface area contributed by atoms with Gasteiger partial charge in [-0.25, -0.2) is 4.39 Å². The molecule has 2 aromatic carbocycles. The summed E-state index contributed by atoms with van der Waals surface area (Å²) in [6, 6.07) is 14.2. The normalized spacial score (nSPS) is 13.5. The van der Waals surface area contributed by atoms with Crippen molar-refractivity contribution in [3.05, 3.63) is 65.5 Å². The molecule has 0 radical (unpaired) electrons. The summed E-state index contributed by atoms with van der Waals surface area (Å²) in [4.78, 5) is 12.7. The minimum absolute atomic E-state index is 0.0461. The smallest absolute Gasteiger partial charge is 0.232 e. The van der Waals surface area contributed by atoms with Crippen LogP contribution in [-0.4, -0.2) is 5.91 Å². The number of rotatable bonds is 5. The van der Waals surface area contributed by atoms with E-state index in [0.29, 0.717) is 5.69 Å². The van der Waals surface area contributed by atoms with Gasteiger partial charge in [0.1, 0.15) is 5.82 Å². The van der Waals surface area contributed by atoms with Gasteiger partial charge >= 0.3 is 0 Å². The van der Waals surface area contributed by atoms with Gasteiger partial charge in [-0.3, -0.25) is 4.79 Å². The van der Waals surface area contributed by atoms with Gasteiger partial charge in [0.2, 0.25) is 5.91 Å². The molecule has 0 aliphatic rings. The van der Waals surface area contributed by atoms with Crippen molar-refractivity contribution >= 4 is 11.6 Å². The third-order valence-electron chi connectivity index (χ3n) is 4.10. The Morgan fingerprint density at radius 3 is 2.45 bits per heavy atom. The third-order valence-corrected chi connectivity index (χ3v) is 4.10. The van der Waals surface area contributed by atoms with Crippen molar-refractivity contribution in [1.29, 1.82) is 0 Å². The fourth-order valence-electron chi connectivity index (χ4n) is 2.61. The highest BCUT2D eigenvalue weighted by atomic mass is 19.1. The Hall–Kier alpha value is -2.16. The second-order valence-electron chi connectivity index (χ2n) is 5.72. The van der Waals surface area contributed by atoms with Crippen LogP contribution in [0.5, 0.6) is 0 Å². The van der Waals surface area contributed by atoms with E-state index in [0.717, 1.165) is 17.5 Å². The molecular formula is C19H22FNO. The lowest BCUT2D eigenvalue weighted by atomic mass is 9.85. The van der Waals surface area contributed by atoms with Crippen LogP contribution in [0.4, 0.5) is 10.1 Å². The average Bonchev–Trinajstić information content (AvgIpc) is 2.51. The lowest BCUT2D eigenvalue weighted by Gasteiger charge is -2.23. The van der Waals surface area contributed by atoms with Crippen LogP contribution in [0.3, 0.4) is 0 Å². The molecule has 0 saturated carbocycles. The number of nitrogens with one attached hydrogen (secondary N) is 1. The van der Waals surface area contributed by atoms with Gasteiger partial charge in [-0.1, -0.05) is 50.6 Å². The Morgan fingerprint density at radius 1 is 1.18 bits per heavy atom. The summed E-state index contributed by atoms with van der Waals surface area (Å²) < 4.78 is 13.2. The van der Waals surface area contributed by atoms with Crippen molar-refractivity contribution in [2.75, 3.05) is 5.32 Å². The van der Waals surface area contributed by atoms with Crippen molar-refractivity contribution in [1.82, 2.24) is 0 Å². The predicted octanol–water partition coefficient (Wildman–Crippen LogP) is 4.90. The van der Waals surface area contributed by atoms with Gasteiger partial charge in [0.25, 0.3) is 0 Å². The molecule has 0 aromatic heterocycles. The van der Waals surface area contributed by atoms with E-state index in [9.17, 15) is 9.18 Å². The molecule has 3 heteroatoms. The van der Waals surface area contributed by atoms with Crippen LogP contribution < -0.4 is 5.32 Å². The molecule has 0 bridgehead atoms. The second-order valence-corrected chi connectivity index (χ2v) is 5.72. The number of hydrogen-bond acceptors (Lipinski definition) is 1. The van der Waals surface area contributed by atoms with E-state index in [1.807, 2.05) is 30.3 Å². The van der Waals surface area contributed by atoms with Crippen LogP contribution in [0.2, 0.25) is 0 Å². The molecule has 0 spiro atoms. The monoisotopic (exact) mass is 299 g/mol. The summed E-state index contributed by atoms with van der Waals surface area (Å²) in [7, 11) is 0. The largest absolute Gasteiger partial charge is 0.325 e. The molecule has 0 fully saturated rings. The number of amides is 1. The van der Waals surface area contributed by atoms with E-state index in [1.165, 1.54) is 12.1 Å². The highest BCUT2D eigenvalue weighted by molar-refractivity contribution is 5.96. The molecule has 22 heavy (non-hydrogen) atoms. The highest BCUT2D eigenvalue weighted by Crippen LogP contribution is 2.29. The van der Waals surface area contributed by atoms with Crippen molar-refractivity contribution in [3.8, 4) is 0 Å². The number of halogens is 1. The maximum atomic E-state index is 13.2. The standard InChI is InChI=1S/C19H22FNO/c1-4-13(2)18(15-8-6-5-7-9-15)19(22)21-17-11-10-16(20)12-14(17)3/h5-13,18H,4H2,1-3H3,(H,21,22)/t13-,18-/m0/s1. The van der Waals surface area contributed by atoms with E-state index < -0.39 is 0 Å². The van der Waals surface area contributed by atoms with Crippen LogP contribution >= 0.6 is 0 Å². The first-order valence-corrected chi connectivity index (χ1v) is 7.65. The number of aryl methyl sites for hydroxylation is 1. The lowest BCUT2D eigenvalue weighted by molar-refractivity contribution is -0.118. The van der Waals surface area contributed by atoms with Crippen molar-refractivity contribution in [3.63, 3.8) is 0 Å². The average molecular weight is 299 g/mol. The van der Waals surface area contributed by atoms with Crippen LogP contribution in [0.15, 0.2) is 48.5 Å². The third kappa shape index (κ3) is 3.73. The number of carbonyl (C=O) groups excluding carboxylic acids is 1. The summed E-state index contributed by atoms with van der Waals surface area (Å²) in [5.74, 6) is -0.328. The van der Waals surface area contributed by atoms with E-state index >= 15 is 0 Å². The number of carbonyl (C=O) groups is 1. The van der Waals surface area contributed by atoms with Gasteiger partial charge in [-0.15, -0.1) is 0 Å². The SMILES string of the molecule is CC[C@H](C)[C@H](C(=O)Nc1ccc(F)cc1C)c1ccccc1. The topological polar surface area (TPSA) is 29.1 Å². The summed E-state index contributed by atoms with van der Waals surface area (Å²) in [6.45, 7) is 5.95. The molecule has 116 valence electrons. The maximum absolute atomic E-state index is 13.2. The van der Waals surface area contributed by atoms with Gasteiger partial charge in [-0.2, -0.15) is 0 Å². The summed E-state index contributed by atoms with van der Waals surface area (Å²) >= 11 is 0. The van der Waals surface area contributed by atoms with Crippen LogP contribution in [0, 0.1) is 18.7 Å². The van der Waals surface area contributed by atoms with Gasteiger partial charge in [-0.05, 0) is 42.2 Å². The maximum Gasteiger partial charge on any atom is 0.232 e. The van der Waals surface area contributed by atoms with Crippen LogP contribution in [0.1, 0.15) is 37.3 Å². The number of hydrogen-bond donors (Lipinski definition) is 1. The van der Waals surface area contributed by atoms with Gasteiger partial charge in [0.15, 0.2) is 0 Å². The zero-order valence-corrected chi connectivity index (χ0v) is 13.3. The summed E-state index contributed by atoms with van der Waals surface area (Å²) in [6.07, 6.45) is 0.912. The second kappa shape index (κ2) is 7.21. The lowest BCUT2D eigenvalue weighted by Crippen LogP contribution is -2.26. The van der Waals surface area contributed by atoms with E-state index in [2.05, 4.69) is 19.2 Å². The quantitative estimate of drug-likeness (QED) is 0.835. The van der Waals surface area contributed by atoms with Crippen molar-refractivity contribution in [2.24, 2.45) is 5.92 Å². The predicted molar refractivity (Wildman–Crippen MR) is 88.4 cm³/mol. The number of benzene rings is 2. The molecule has 1 N–H and O–H groups in total. The fraction of sp³-hybridized carbons (Fsp3) is 0.316. The molecule has 0 heterocycles. The summed E-state index contributed by atoms with van der Waals surface area (Å²) in [5.41, 5.74) is 2.40. The first-order chi connectivity index (χ1) is 10.5. The molecule has 0 unspecified atom stereocenters. The Labute approximate surface area is 131 Å². The molecule has 1 amide bonds. The van der Waals surface area contributed by atoms with Crippen molar-refractivity contribution in [2.45, 2.75) is 33.1 Å². The van der Waals surface area contributed by atoms with E-state index in [4.69, 9.17) is 0 Å². The zero-order chi connectivity index (χ0) is 16.1. The number of anilines is 1. The van der Waals surface area contributed by atoms with E-state index in [1.54, 1.807) is 13.0 Å². The van der Waals surface area contributed by atoms with Gasteiger partial charge < -0.3 is 5.32 Å². The Morgan fingerprint density at radius 2 is 1.86 bits per heavy atom. The van der Waals surface area contributed by atoms with Gasteiger partial charge in [0.05, 0.1) is 5.92 Å². The molecule has 2 nitrogen and oxygen atoms in total. The Balaban J connectivity index is 2.26. The molecule has 2 atom stereocenters. The molecule has 2 rings (SSSR count). The Bertz CT molecular complexity index is 639. The first kappa shape index (κ1) is 16.2. The van der Waals surface area contributed by atoms with Crippen LogP contribution in [-0.2, 0) is 4.79 Å². The zero-order valence-electron chi connectivity index (χ0n) is 13.3. The van der Waals surface area contributed by atoms with E-state index in [-0.39, 0.29) is 23.6 Å². The van der Waals surface area contributed by atoms with Crippen molar-refractivity contribution < 1.29 is 9.18 Å². The first-order valence-electron chi connectivity index (χ1n) is 7.65. The van der Waals surface area contributed by atoms with Crippen LogP contribution in [0.25, 0.3) is 0 Å². The molecule has 0 aliphatic carbocycles. The summed E-state index contributed by atoms with van der Waals surface area (Å²) in [5, 5.41) is 2.95. The molecule has 0 aliphatic heterocycles. The minimum atomic E-state index is -0.294. The molecule has 2 aromatic rings. The molecular weight excluding hydrogens is 277 g/mol.